The summed E-state index contributed by atoms with van der Waals surface area (Å²) in [6, 6.07) is 2.41. The number of hydrogen-bond acceptors (Lipinski definition) is 2. The largest absolute Gasteiger partial charge is 0.416 e. The zero-order chi connectivity index (χ0) is 13.3. The number of hydrogen-bond donors (Lipinski definition) is 1. The third kappa shape index (κ3) is 2.75. The molecule has 1 N–H and O–H groups in total. The van der Waals surface area contributed by atoms with E-state index in [0.717, 1.165) is 12.1 Å². The Bertz CT molecular complexity index is 433. The van der Waals surface area contributed by atoms with E-state index in [1.54, 1.807) is 0 Å². The summed E-state index contributed by atoms with van der Waals surface area (Å²) in [4.78, 5) is 0. The minimum absolute atomic E-state index is 0.0729. The molecule has 18 heavy (non-hydrogen) atoms. The Morgan fingerprint density at radius 1 is 1.33 bits per heavy atom. The van der Waals surface area contributed by atoms with Crippen molar-refractivity contribution in [3.8, 4) is 0 Å². The van der Waals surface area contributed by atoms with Gasteiger partial charge in [-0.1, -0.05) is 0 Å². The van der Waals surface area contributed by atoms with E-state index in [4.69, 9.17) is 4.74 Å². The fraction of sp³-hybridized carbons (Fsp3) is 0.500. The standard InChI is InChI=1S/C12H13F4NO/c1-7-10(4-5-18-7)17-11-3-2-8(6-9(11)13)12(14,15)16/h2-3,6-7,10,17H,4-5H2,1H3. The van der Waals surface area contributed by atoms with E-state index in [1.165, 1.54) is 0 Å². The molecule has 0 saturated carbocycles. The van der Waals surface area contributed by atoms with Crippen LogP contribution in [0.25, 0.3) is 0 Å². The number of halogens is 4. The summed E-state index contributed by atoms with van der Waals surface area (Å²) in [6.45, 7) is 2.41. The molecule has 1 aromatic carbocycles. The molecule has 1 aliphatic heterocycles. The molecule has 2 nitrogen and oxygen atoms in total. The second-order valence-corrected chi connectivity index (χ2v) is 4.31. The third-order valence-electron chi connectivity index (χ3n) is 3.01. The van der Waals surface area contributed by atoms with Crippen molar-refractivity contribution in [2.75, 3.05) is 11.9 Å². The SMILES string of the molecule is CC1OCCC1Nc1ccc(C(F)(F)F)cc1F. The maximum Gasteiger partial charge on any atom is 0.416 e. The van der Waals surface area contributed by atoms with Gasteiger partial charge in [-0.3, -0.25) is 0 Å². The third-order valence-corrected chi connectivity index (χ3v) is 3.01. The van der Waals surface area contributed by atoms with Crippen LogP contribution < -0.4 is 5.32 Å². The van der Waals surface area contributed by atoms with Crippen LogP contribution in [0.15, 0.2) is 18.2 Å². The van der Waals surface area contributed by atoms with Crippen LogP contribution in [0.4, 0.5) is 23.2 Å². The van der Waals surface area contributed by atoms with Crippen molar-refractivity contribution in [2.45, 2.75) is 31.7 Å². The summed E-state index contributed by atoms with van der Waals surface area (Å²) in [6.07, 6.45) is -3.89. The van der Waals surface area contributed by atoms with Gasteiger partial charge in [0.15, 0.2) is 0 Å². The van der Waals surface area contributed by atoms with Crippen molar-refractivity contribution < 1.29 is 22.3 Å². The minimum Gasteiger partial charge on any atom is -0.377 e. The van der Waals surface area contributed by atoms with Crippen LogP contribution >= 0.6 is 0 Å². The number of benzene rings is 1. The minimum atomic E-state index is -4.52. The second-order valence-electron chi connectivity index (χ2n) is 4.31. The first-order valence-electron chi connectivity index (χ1n) is 5.63. The zero-order valence-corrected chi connectivity index (χ0v) is 9.72. The molecule has 0 amide bonds. The summed E-state index contributed by atoms with van der Waals surface area (Å²) in [5.41, 5.74) is -0.911. The van der Waals surface area contributed by atoms with Crippen molar-refractivity contribution in [1.82, 2.24) is 0 Å². The fourth-order valence-electron chi connectivity index (χ4n) is 1.93. The predicted molar refractivity (Wildman–Crippen MR) is 58.8 cm³/mol. The molecule has 1 fully saturated rings. The van der Waals surface area contributed by atoms with Crippen molar-refractivity contribution in [3.63, 3.8) is 0 Å². The lowest BCUT2D eigenvalue weighted by molar-refractivity contribution is -0.137. The monoisotopic (exact) mass is 263 g/mol. The highest BCUT2D eigenvalue weighted by atomic mass is 19.4. The molecular weight excluding hydrogens is 250 g/mol. The number of alkyl halides is 3. The zero-order valence-electron chi connectivity index (χ0n) is 9.72. The van der Waals surface area contributed by atoms with E-state index >= 15 is 0 Å². The average Bonchev–Trinajstić information content (AvgIpc) is 2.66. The van der Waals surface area contributed by atoms with Gasteiger partial charge in [-0.05, 0) is 31.5 Å². The van der Waals surface area contributed by atoms with Gasteiger partial charge in [0.1, 0.15) is 5.82 Å². The molecule has 0 aliphatic carbocycles. The molecule has 0 bridgehead atoms. The van der Waals surface area contributed by atoms with Crippen LogP contribution in [0.5, 0.6) is 0 Å². The molecule has 0 aromatic heterocycles. The molecule has 2 rings (SSSR count). The van der Waals surface area contributed by atoms with Gasteiger partial charge >= 0.3 is 6.18 Å². The lowest BCUT2D eigenvalue weighted by Crippen LogP contribution is -2.27. The van der Waals surface area contributed by atoms with Crippen LogP contribution in [0.3, 0.4) is 0 Å². The van der Waals surface area contributed by atoms with Crippen molar-refractivity contribution in [1.29, 1.82) is 0 Å². The summed E-state index contributed by atoms with van der Waals surface area (Å²) in [5.74, 6) is -0.899. The van der Waals surface area contributed by atoms with E-state index < -0.39 is 17.6 Å². The molecule has 1 aliphatic rings. The van der Waals surface area contributed by atoms with E-state index in [9.17, 15) is 17.6 Å². The van der Waals surface area contributed by atoms with Gasteiger partial charge in [0.25, 0.3) is 0 Å². The van der Waals surface area contributed by atoms with E-state index in [1.807, 2.05) is 6.92 Å². The quantitative estimate of drug-likeness (QED) is 0.825. The van der Waals surface area contributed by atoms with Crippen LogP contribution in [0.2, 0.25) is 0 Å². The van der Waals surface area contributed by atoms with Gasteiger partial charge in [0.2, 0.25) is 0 Å². The highest BCUT2D eigenvalue weighted by Crippen LogP contribution is 2.31. The second kappa shape index (κ2) is 4.76. The first-order valence-corrected chi connectivity index (χ1v) is 5.63. The summed E-state index contributed by atoms with van der Waals surface area (Å²) < 4.78 is 55.9. The molecule has 2 unspecified atom stereocenters. The van der Waals surface area contributed by atoms with Gasteiger partial charge < -0.3 is 10.1 Å². The highest BCUT2D eigenvalue weighted by molar-refractivity contribution is 5.48. The number of anilines is 1. The maximum absolute atomic E-state index is 13.6. The normalized spacial score (nSPS) is 24.3. The van der Waals surface area contributed by atoms with E-state index in [-0.39, 0.29) is 17.8 Å². The molecule has 0 radical (unpaired) electrons. The first-order chi connectivity index (χ1) is 8.38. The van der Waals surface area contributed by atoms with E-state index in [0.29, 0.717) is 19.1 Å². The summed E-state index contributed by atoms with van der Waals surface area (Å²) >= 11 is 0. The Hall–Kier alpha value is -1.30. The molecule has 100 valence electrons. The van der Waals surface area contributed by atoms with Crippen molar-refractivity contribution in [3.05, 3.63) is 29.6 Å². The molecule has 2 atom stereocenters. The summed E-state index contributed by atoms with van der Waals surface area (Å²) in [5, 5.41) is 2.87. The van der Waals surface area contributed by atoms with Crippen molar-refractivity contribution in [2.24, 2.45) is 0 Å². The molecule has 1 heterocycles. The first kappa shape index (κ1) is 13.1. The molecule has 1 saturated heterocycles. The Morgan fingerprint density at radius 2 is 2.06 bits per heavy atom. The smallest absolute Gasteiger partial charge is 0.377 e. The van der Waals surface area contributed by atoms with Gasteiger partial charge in [0.05, 0.1) is 23.4 Å². The van der Waals surface area contributed by atoms with Crippen LogP contribution in [-0.2, 0) is 10.9 Å². The van der Waals surface area contributed by atoms with Crippen molar-refractivity contribution >= 4 is 5.69 Å². The summed E-state index contributed by atoms with van der Waals surface area (Å²) in [7, 11) is 0. The predicted octanol–water partition coefficient (Wildman–Crippen LogP) is 3.43. The van der Waals surface area contributed by atoms with Gasteiger partial charge in [-0.25, -0.2) is 4.39 Å². The Morgan fingerprint density at radius 3 is 2.56 bits per heavy atom. The van der Waals surface area contributed by atoms with Crippen LogP contribution in [0, 0.1) is 5.82 Å². The van der Waals surface area contributed by atoms with Crippen LogP contribution in [-0.4, -0.2) is 18.8 Å². The van der Waals surface area contributed by atoms with E-state index in [2.05, 4.69) is 5.32 Å². The fourth-order valence-corrected chi connectivity index (χ4v) is 1.93. The van der Waals surface area contributed by atoms with Crippen LogP contribution in [0.1, 0.15) is 18.9 Å². The lowest BCUT2D eigenvalue weighted by atomic mass is 10.1. The number of nitrogens with one attached hydrogen (secondary N) is 1. The van der Waals surface area contributed by atoms with Gasteiger partial charge in [0, 0.05) is 6.61 Å². The molecule has 6 heteroatoms. The molecule has 1 aromatic rings. The number of rotatable bonds is 2. The lowest BCUT2D eigenvalue weighted by Gasteiger charge is -2.18. The topological polar surface area (TPSA) is 21.3 Å². The average molecular weight is 263 g/mol. The molecule has 0 spiro atoms. The Kier molecular flexibility index (Phi) is 3.47. The Labute approximate surface area is 102 Å². The Balaban J connectivity index is 2.15. The number of ether oxygens (including phenoxy) is 1. The van der Waals surface area contributed by atoms with Gasteiger partial charge in [-0.2, -0.15) is 13.2 Å². The molecular formula is C12H13F4NO. The highest BCUT2D eigenvalue weighted by Gasteiger charge is 2.31. The van der Waals surface area contributed by atoms with Gasteiger partial charge in [-0.15, -0.1) is 0 Å². The maximum atomic E-state index is 13.6.